The van der Waals surface area contributed by atoms with E-state index in [0.29, 0.717) is 29.8 Å². The zero-order chi connectivity index (χ0) is 21.8. The summed E-state index contributed by atoms with van der Waals surface area (Å²) in [7, 11) is 1.62. The molecule has 4 rings (SSSR count). The number of aromatic nitrogens is 1. The molecule has 5 heteroatoms. The van der Waals surface area contributed by atoms with Gasteiger partial charge < -0.3 is 4.74 Å². The second-order valence-electron chi connectivity index (χ2n) is 7.07. The Morgan fingerprint density at radius 1 is 0.839 bits per heavy atom. The summed E-state index contributed by atoms with van der Waals surface area (Å²) in [5.74, 6) is 3.53. The first-order chi connectivity index (χ1) is 15.0. The van der Waals surface area contributed by atoms with Crippen LogP contribution in [0.3, 0.4) is 0 Å². The molecule has 0 unspecified atom stereocenters. The largest absolute Gasteiger partial charge is 0.384 e. The first-order valence-electron chi connectivity index (χ1n) is 9.68. The molecule has 31 heavy (non-hydrogen) atoms. The van der Waals surface area contributed by atoms with Crippen LogP contribution in [-0.2, 0) is 11.2 Å². The van der Waals surface area contributed by atoms with Crippen molar-refractivity contribution in [2.45, 2.75) is 6.42 Å². The highest BCUT2D eigenvalue weighted by Gasteiger charge is 2.11. The molecule has 0 aliphatic heterocycles. The number of pyridine rings is 1. The van der Waals surface area contributed by atoms with Gasteiger partial charge in [0.15, 0.2) is 0 Å². The molecular weight excluding hydrogens is 399 g/mol. The van der Waals surface area contributed by atoms with Crippen molar-refractivity contribution in [1.82, 2.24) is 4.98 Å². The van der Waals surface area contributed by atoms with Crippen LogP contribution in [0.2, 0.25) is 0 Å². The molecule has 154 valence electrons. The number of nitrogens with zero attached hydrogens (tertiary/aromatic N) is 1. The number of benzene rings is 3. The van der Waals surface area contributed by atoms with Crippen LogP contribution in [0, 0.1) is 29.3 Å². The van der Waals surface area contributed by atoms with E-state index in [2.05, 4.69) is 16.8 Å². The molecule has 4 aromatic rings. The van der Waals surface area contributed by atoms with Crippen LogP contribution in [0.4, 0.5) is 13.2 Å². The van der Waals surface area contributed by atoms with Crippen LogP contribution in [0.1, 0.15) is 16.7 Å². The van der Waals surface area contributed by atoms with E-state index in [9.17, 15) is 13.2 Å². The zero-order valence-electron chi connectivity index (χ0n) is 16.8. The van der Waals surface area contributed by atoms with Crippen LogP contribution in [0.5, 0.6) is 0 Å². The Bertz CT molecular complexity index is 1280. The maximum Gasteiger partial charge on any atom is 0.142 e. The molecule has 2 nitrogen and oxygen atoms in total. The van der Waals surface area contributed by atoms with Crippen molar-refractivity contribution < 1.29 is 17.9 Å². The van der Waals surface area contributed by atoms with Crippen LogP contribution in [0.15, 0.2) is 66.9 Å². The quantitative estimate of drug-likeness (QED) is 0.385. The van der Waals surface area contributed by atoms with Crippen molar-refractivity contribution in [3.63, 3.8) is 0 Å². The Morgan fingerprint density at radius 2 is 1.58 bits per heavy atom. The molecule has 3 aromatic carbocycles. The van der Waals surface area contributed by atoms with Crippen molar-refractivity contribution in [3.05, 3.63) is 101 Å². The Balaban J connectivity index is 1.60. The molecule has 0 spiro atoms. The lowest BCUT2D eigenvalue weighted by Crippen LogP contribution is -1.97. The lowest BCUT2D eigenvalue weighted by atomic mass is 10.0. The second kappa shape index (κ2) is 9.03. The minimum Gasteiger partial charge on any atom is -0.384 e. The van der Waals surface area contributed by atoms with E-state index in [1.54, 1.807) is 43.6 Å². The highest BCUT2D eigenvalue weighted by molar-refractivity contribution is 5.84. The van der Waals surface area contributed by atoms with E-state index in [1.165, 1.54) is 24.3 Å². The summed E-state index contributed by atoms with van der Waals surface area (Å²) in [4.78, 5) is 4.29. The summed E-state index contributed by atoms with van der Waals surface area (Å²) in [5, 5.41) is 1.53. The number of hydrogen-bond donors (Lipinski definition) is 0. The molecule has 0 atom stereocenters. The fourth-order valence-corrected chi connectivity index (χ4v) is 3.23. The van der Waals surface area contributed by atoms with Gasteiger partial charge in [0.1, 0.15) is 17.5 Å². The maximum absolute atomic E-state index is 14.6. The topological polar surface area (TPSA) is 22.1 Å². The summed E-state index contributed by atoms with van der Waals surface area (Å²) in [6, 6.07) is 15.6. The second-order valence-corrected chi connectivity index (χ2v) is 7.07. The summed E-state index contributed by atoms with van der Waals surface area (Å²) in [5.41, 5.74) is 2.06. The Hall–Kier alpha value is -3.62. The Kier molecular flexibility index (Phi) is 6.01. The van der Waals surface area contributed by atoms with E-state index in [-0.39, 0.29) is 11.4 Å². The van der Waals surface area contributed by atoms with Gasteiger partial charge in [-0.3, -0.25) is 4.98 Å². The predicted octanol–water partition coefficient (Wildman–Crippen LogP) is 5.91. The zero-order valence-corrected chi connectivity index (χ0v) is 16.8. The monoisotopic (exact) mass is 417 g/mol. The number of rotatable bonds is 4. The fraction of sp³-hybridized carbons (Fsp3) is 0.115. The van der Waals surface area contributed by atoms with Gasteiger partial charge in [-0.25, -0.2) is 13.2 Å². The normalized spacial score (nSPS) is 10.7. The van der Waals surface area contributed by atoms with Crippen LogP contribution < -0.4 is 0 Å². The van der Waals surface area contributed by atoms with Gasteiger partial charge in [0.05, 0.1) is 17.9 Å². The van der Waals surface area contributed by atoms with Gasteiger partial charge in [-0.15, -0.1) is 0 Å². The first kappa shape index (κ1) is 20.6. The van der Waals surface area contributed by atoms with Crippen molar-refractivity contribution in [2.24, 2.45) is 0 Å². The third kappa shape index (κ3) is 4.76. The molecule has 0 aliphatic rings. The third-order valence-electron chi connectivity index (χ3n) is 4.89. The number of fused-ring (bicyclic) bond motifs is 1. The molecule has 0 fully saturated rings. The lowest BCUT2D eigenvalue weighted by molar-refractivity contribution is 0.202. The van der Waals surface area contributed by atoms with E-state index < -0.39 is 11.6 Å². The average molecular weight is 417 g/mol. The summed E-state index contributed by atoms with van der Waals surface area (Å²) in [6.45, 7) is 0.575. The number of halogens is 3. The minimum atomic E-state index is -0.754. The summed E-state index contributed by atoms with van der Waals surface area (Å²) >= 11 is 0. The number of methoxy groups -OCH3 is 1. The maximum atomic E-state index is 14.6. The highest BCUT2D eigenvalue weighted by Crippen LogP contribution is 2.23. The van der Waals surface area contributed by atoms with Crippen LogP contribution in [0.25, 0.3) is 22.0 Å². The minimum absolute atomic E-state index is 0.306. The Labute approximate surface area is 178 Å². The first-order valence-corrected chi connectivity index (χ1v) is 9.68. The van der Waals surface area contributed by atoms with Crippen molar-refractivity contribution in [3.8, 4) is 23.1 Å². The fourth-order valence-electron chi connectivity index (χ4n) is 3.23. The van der Waals surface area contributed by atoms with Crippen LogP contribution in [-0.4, -0.2) is 18.7 Å². The molecule has 0 saturated carbocycles. The molecule has 0 radical (unpaired) electrons. The van der Waals surface area contributed by atoms with Crippen molar-refractivity contribution >= 4 is 10.8 Å². The number of hydrogen-bond acceptors (Lipinski definition) is 2. The van der Waals surface area contributed by atoms with Crippen molar-refractivity contribution in [2.75, 3.05) is 13.7 Å². The molecule has 0 bridgehead atoms. The summed E-state index contributed by atoms with van der Waals surface area (Å²) < 4.78 is 47.6. The van der Waals surface area contributed by atoms with E-state index in [1.807, 2.05) is 6.07 Å². The standard InChI is InChI=1S/C26H18F3NO/c1-31-11-10-18-4-9-26(30-16-18)21-14-24(28)23(25(29)15-21)8-3-17-2-5-20-13-22(27)7-6-19(20)12-17/h2,4-7,9,12-16H,10-11H2,1H3. The lowest BCUT2D eigenvalue weighted by Gasteiger charge is -2.06. The van der Waals surface area contributed by atoms with Gasteiger partial charge in [0.25, 0.3) is 0 Å². The predicted molar refractivity (Wildman–Crippen MR) is 115 cm³/mol. The van der Waals surface area contributed by atoms with Gasteiger partial charge in [-0.05, 0) is 65.2 Å². The average Bonchev–Trinajstić information content (AvgIpc) is 2.77. The molecule has 0 amide bonds. The molecule has 1 aromatic heterocycles. The van der Waals surface area contributed by atoms with E-state index in [4.69, 9.17) is 4.74 Å². The van der Waals surface area contributed by atoms with Gasteiger partial charge in [0.2, 0.25) is 0 Å². The highest BCUT2D eigenvalue weighted by atomic mass is 19.1. The molecule has 0 saturated heterocycles. The van der Waals surface area contributed by atoms with E-state index >= 15 is 0 Å². The van der Waals surface area contributed by atoms with Crippen molar-refractivity contribution in [1.29, 1.82) is 0 Å². The van der Waals surface area contributed by atoms with Gasteiger partial charge >= 0.3 is 0 Å². The number of ether oxygens (including phenoxy) is 1. The molecule has 1 heterocycles. The summed E-state index contributed by atoms with van der Waals surface area (Å²) in [6.07, 6.45) is 2.38. The van der Waals surface area contributed by atoms with Gasteiger partial charge in [-0.2, -0.15) is 0 Å². The van der Waals surface area contributed by atoms with E-state index in [0.717, 1.165) is 16.3 Å². The molecule has 0 aliphatic carbocycles. The van der Waals surface area contributed by atoms with Gasteiger partial charge in [-0.1, -0.05) is 30.0 Å². The SMILES string of the molecule is COCCc1ccc(-c2cc(F)c(C#Cc3ccc4cc(F)ccc4c3)c(F)c2)nc1. The van der Waals surface area contributed by atoms with Gasteiger partial charge in [0, 0.05) is 24.4 Å². The third-order valence-corrected chi connectivity index (χ3v) is 4.89. The Morgan fingerprint density at radius 3 is 2.29 bits per heavy atom. The molecular formula is C26H18F3NO. The molecule has 0 N–H and O–H groups in total. The van der Waals surface area contributed by atoms with Crippen LogP contribution >= 0.6 is 0 Å². The smallest absolute Gasteiger partial charge is 0.142 e.